The van der Waals surface area contributed by atoms with Gasteiger partial charge in [0, 0.05) is 19.6 Å². The second-order valence-electron chi connectivity index (χ2n) is 6.79. The molecule has 2 aromatic rings. The fraction of sp³-hybridized carbons (Fsp3) is 0.429. The lowest BCUT2D eigenvalue weighted by Crippen LogP contribution is -2.37. The first-order valence-electron chi connectivity index (χ1n) is 8.67. The molecule has 0 aliphatic carbocycles. The van der Waals surface area contributed by atoms with Gasteiger partial charge in [0.25, 0.3) is 0 Å². The molecule has 0 amide bonds. The highest BCUT2D eigenvalue weighted by molar-refractivity contribution is 5.25. The molecule has 3 heteroatoms. The maximum absolute atomic E-state index is 10.4. The summed E-state index contributed by atoms with van der Waals surface area (Å²) in [5.41, 5.74) is 2.61. The predicted octanol–water partition coefficient (Wildman–Crippen LogP) is 3.89. The molecular formula is C21H29NO2. The van der Waals surface area contributed by atoms with Crippen LogP contribution < -0.4 is 4.74 Å². The minimum Gasteiger partial charge on any atom is -0.491 e. The van der Waals surface area contributed by atoms with Gasteiger partial charge in [-0.2, -0.15) is 0 Å². The molecule has 0 fully saturated rings. The topological polar surface area (TPSA) is 32.7 Å². The van der Waals surface area contributed by atoms with Crippen LogP contribution >= 0.6 is 0 Å². The van der Waals surface area contributed by atoms with Crippen molar-refractivity contribution in [2.75, 3.05) is 19.7 Å². The van der Waals surface area contributed by atoms with E-state index in [1.54, 1.807) is 0 Å². The van der Waals surface area contributed by atoms with E-state index in [4.69, 9.17) is 4.74 Å². The molecule has 2 aromatic carbocycles. The average Bonchev–Trinajstić information content (AvgIpc) is 2.55. The molecule has 0 saturated carbocycles. The Bertz CT molecular complexity index is 598. The smallest absolute Gasteiger partial charge is 0.119 e. The van der Waals surface area contributed by atoms with E-state index >= 15 is 0 Å². The number of aliphatic hydroxyl groups excluding tert-OH is 1. The maximum atomic E-state index is 10.4. The molecule has 1 N–H and O–H groups in total. The molecule has 3 nitrogen and oxygen atoms in total. The van der Waals surface area contributed by atoms with Crippen LogP contribution in [-0.2, 0) is 6.54 Å². The van der Waals surface area contributed by atoms with Crippen molar-refractivity contribution < 1.29 is 9.84 Å². The highest BCUT2D eigenvalue weighted by atomic mass is 16.5. The summed E-state index contributed by atoms with van der Waals surface area (Å²) in [5.74, 6) is 1.35. The SMILES string of the molecule is Cc1ccccc1CN(CC(C)C)CC(O)COc1ccccc1. The van der Waals surface area contributed by atoms with E-state index in [-0.39, 0.29) is 0 Å². The van der Waals surface area contributed by atoms with E-state index < -0.39 is 6.10 Å². The van der Waals surface area contributed by atoms with E-state index in [2.05, 4.69) is 49.9 Å². The van der Waals surface area contributed by atoms with E-state index in [0.717, 1.165) is 18.8 Å². The van der Waals surface area contributed by atoms with Crippen molar-refractivity contribution in [3.8, 4) is 5.75 Å². The zero-order valence-corrected chi connectivity index (χ0v) is 15.0. The highest BCUT2D eigenvalue weighted by Crippen LogP contribution is 2.13. The molecule has 2 rings (SSSR count). The zero-order valence-electron chi connectivity index (χ0n) is 15.0. The lowest BCUT2D eigenvalue weighted by atomic mass is 10.1. The van der Waals surface area contributed by atoms with Gasteiger partial charge < -0.3 is 9.84 Å². The van der Waals surface area contributed by atoms with Crippen LogP contribution in [0.5, 0.6) is 5.75 Å². The molecule has 1 atom stereocenters. The van der Waals surface area contributed by atoms with Crippen LogP contribution in [0.25, 0.3) is 0 Å². The third-order valence-corrected chi connectivity index (χ3v) is 3.93. The monoisotopic (exact) mass is 327 g/mol. The Morgan fingerprint density at radius 2 is 1.62 bits per heavy atom. The molecule has 0 aliphatic heterocycles. The lowest BCUT2D eigenvalue weighted by molar-refractivity contribution is 0.0614. The van der Waals surface area contributed by atoms with Gasteiger partial charge in [-0.25, -0.2) is 0 Å². The summed E-state index contributed by atoms with van der Waals surface area (Å²) in [6.45, 7) is 9.28. The number of para-hydroxylation sites is 1. The van der Waals surface area contributed by atoms with Gasteiger partial charge in [0.2, 0.25) is 0 Å². The number of hydrogen-bond acceptors (Lipinski definition) is 3. The number of rotatable bonds is 9. The van der Waals surface area contributed by atoms with Gasteiger partial charge in [-0.3, -0.25) is 4.90 Å². The molecule has 1 unspecified atom stereocenters. The number of nitrogens with zero attached hydrogens (tertiary/aromatic N) is 1. The summed E-state index contributed by atoms with van der Waals surface area (Å²) < 4.78 is 5.67. The molecular weight excluding hydrogens is 298 g/mol. The Hall–Kier alpha value is -1.84. The lowest BCUT2D eigenvalue weighted by Gasteiger charge is -2.27. The Labute approximate surface area is 145 Å². The minimum absolute atomic E-state index is 0.312. The predicted molar refractivity (Wildman–Crippen MR) is 99.2 cm³/mol. The zero-order chi connectivity index (χ0) is 17.4. The van der Waals surface area contributed by atoms with Gasteiger partial charge in [-0.1, -0.05) is 56.3 Å². The van der Waals surface area contributed by atoms with E-state index in [1.807, 2.05) is 30.3 Å². The van der Waals surface area contributed by atoms with Crippen molar-refractivity contribution >= 4 is 0 Å². The Kier molecular flexibility index (Phi) is 7.29. The van der Waals surface area contributed by atoms with Gasteiger partial charge in [0.15, 0.2) is 0 Å². The fourth-order valence-electron chi connectivity index (χ4n) is 2.81. The third kappa shape index (κ3) is 6.34. The largest absolute Gasteiger partial charge is 0.491 e. The quantitative estimate of drug-likeness (QED) is 0.758. The second-order valence-corrected chi connectivity index (χ2v) is 6.79. The van der Waals surface area contributed by atoms with Crippen LogP contribution in [0.1, 0.15) is 25.0 Å². The molecule has 0 spiro atoms. The number of ether oxygens (including phenoxy) is 1. The van der Waals surface area contributed by atoms with Crippen LogP contribution in [0.15, 0.2) is 54.6 Å². The Balaban J connectivity index is 1.91. The third-order valence-electron chi connectivity index (χ3n) is 3.93. The summed E-state index contributed by atoms with van der Waals surface area (Å²) in [6.07, 6.45) is -0.507. The summed E-state index contributed by atoms with van der Waals surface area (Å²) in [4.78, 5) is 2.31. The fourth-order valence-corrected chi connectivity index (χ4v) is 2.81. The number of hydrogen-bond donors (Lipinski definition) is 1. The standard InChI is InChI=1S/C21H29NO2/c1-17(2)13-22(14-19-10-8-7-9-18(19)3)15-20(23)16-24-21-11-5-4-6-12-21/h4-12,17,20,23H,13-16H2,1-3H3. The van der Waals surface area contributed by atoms with E-state index in [9.17, 15) is 5.11 Å². The Morgan fingerprint density at radius 3 is 2.29 bits per heavy atom. The van der Waals surface area contributed by atoms with Gasteiger partial charge in [0.05, 0.1) is 0 Å². The van der Waals surface area contributed by atoms with Gasteiger partial charge in [-0.15, -0.1) is 0 Å². The first-order valence-corrected chi connectivity index (χ1v) is 8.67. The van der Waals surface area contributed by atoms with Gasteiger partial charge in [0.1, 0.15) is 18.5 Å². The first kappa shape index (κ1) is 18.5. The minimum atomic E-state index is -0.507. The maximum Gasteiger partial charge on any atom is 0.119 e. The molecule has 0 radical (unpaired) electrons. The molecule has 0 saturated heterocycles. The van der Waals surface area contributed by atoms with Gasteiger partial charge in [-0.05, 0) is 36.1 Å². The molecule has 24 heavy (non-hydrogen) atoms. The summed E-state index contributed by atoms with van der Waals surface area (Å²) >= 11 is 0. The summed E-state index contributed by atoms with van der Waals surface area (Å²) in [5, 5.41) is 10.4. The number of aryl methyl sites for hydroxylation is 1. The normalized spacial score (nSPS) is 12.6. The van der Waals surface area contributed by atoms with Crippen LogP contribution in [0.4, 0.5) is 0 Å². The van der Waals surface area contributed by atoms with Crippen LogP contribution in [0.2, 0.25) is 0 Å². The van der Waals surface area contributed by atoms with Crippen molar-refractivity contribution in [3.05, 3.63) is 65.7 Å². The van der Waals surface area contributed by atoms with Crippen LogP contribution in [0.3, 0.4) is 0 Å². The summed E-state index contributed by atoms with van der Waals surface area (Å²) in [7, 11) is 0. The highest BCUT2D eigenvalue weighted by Gasteiger charge is 2.15. The van der Waals surface area contributed by atoms with Crippen molar-refractivity contribution in [1.82, 2.24) is 4.90 Å². The van der Waals surface area contributed by atoms with Crippen molar-refractivity contribution in [2.24, 2.45) is 5.92 Å². The first-order chi connectivity index (χ1) is 11.5. The summed E-state index contributed by atoms with van der Waals surface area (Å²) in [6, 6.07) is 18.1. The van der Waals surface area contributed by atoms with Crippen molar-refractivity contribution in [1.29, 1.82) is 0 Å². The molecule has 0 heterocycles. The Morgan fingerprint density at radius 1 is 0.958 bits per heavy atom. The molecule has 0 aliphatic rings. The molecule has 0 bridgehead atoms. The van der Waals surface area contributed by atoms with Crippen LogP contribution in [0, 0.1) is 12.8 Å². The molecule has 0 aromatic heterocycles. The number of benzene rings is 2. The van der Waals surface area contributed by atoms with Gasteiger partial charge >= 0.3 is 0 Å². The van der Waals surface area contributed by atoms with E-state index in [1.165, 1.54) is 11.1 Å². The average molecular weight is 327 g/mol. The van der Waals surface area contributed by atoms with Crippen molar-refractivity contribution in [2.45, 2.75) is 33.4 Å². The number of aliphatic hydroxyl groups is 1. The van der Waals surface area contributed by atoms with Crippen LogP contribution in [-0.4, -0.2) is 35.8 Å². The van der Waals surface area contributed by atoms with Crippen molar-refractivity contribution in [3.63, 3.8) is 0 Å². The van der Waals surface area contributed by atoms with E-state index in [0.29, 0.717) is 19.1 Å². The second kappa shape index (κ2) is 9.45. The molecule has 130 valence electrons.